The first-order chi connectivity index (χ1) is 9.25. The fourth-order valence-electron chi connectivity index (χ4n) is 1.72. The Kier molecular flexibility index (Phi) is 4.66. The molecule has 0 N–H and O–H groups in total. The van der Waals surface area contributed by atoms with E-state index in [0.29, 0.717) is 5.56 Å². The molecule has 0 atom stereocenters. The van der Waals surface area contributed by atoms with E-state index in [4.69, 9.17) is 0 Å². The summed E-state index contributed by atoms with van der Waals surface area (Å²) in [6, 6.07) is 15.3. The normalized spacial score (nSPS) is 9.79. The molecule has 0 radical (unpaired) electrons. The molecule has 0 bridgehead atoms. The molecule has 0 spiro atoms. The molecule has 0 amide bonds. The van der Waals surface area contributed by atoms with Gasteiger partial charge in [0.15, 0.2) is 5.83 Å². The first-order valence-electron chi connectivity index (χ1n) is 6.16. The molecule has 19 heavy (non-hydrogen) atoms. The SMILES string of the molecule is FC(=C=CCCc1ccccc1)c1ccc(F)cc1. The fraction of sp³-hybridized carbons (Fsp3) is 0.118. The molecule has 0 aliphatic heterocycles. The van der Waals surface area contributed by atoms with Gasteiger partial charge in [0, 0.05) is 5.56 Å². The van der Waals surface area contributed by atoms with E-state index in [1.807, 2.05) is 30.3 Å². The highest BCUT2D eigenvalue weighted by molar-refractivity contribution is 5.57. The lowest BCUT2D eigenvalue weighted by Crippen LogP contribution is -1.81. The molecular weight excluding hydrogens is 242 g/mol. The zero-order chi connectivity index (χ0) is 13.5. The Morgan fingerprint density at radius 3 is 2.37 bits per heavy atom. The molecule has 0 saturated carbocycles. The highest BCUT2D eigenvalue weighted by atomic mass is 19.1. The quantitative estimate of drug-likeness (QED) is 0.681. The second-order valence-corrected chi connectivity index (χ2v) is 4.19. The average molecular weight is 256 g/mol. The molecule has 0 aliphatic rings. The third kappa shape index (κ3) is 4.20. The number of aryl methyl sites for hydroxylation is 1. The van der Waals surface area contributed by atoms with Gasteiger partial charge in [-0.2, -0.15) is 4.39 Å². The highest BCUT2D eigenvalue weighted by Crippen LogP contribution is 2.15. The van der Waals surface area contributed by atoms with E-state index in [-0.39, 0.29) is 5.82 Å². The topological polar surface area (TPSA) is 0 Å². The van der Waals surface area contributed by atoms with Gasteiger partial charge in [-0.25, -0.2) is 4.39 Å². The smallest absolute Gasteiger partial charge is 0.172 e. The molecule has 0 saturated heterocycles. The molecular formula is C17H14F2. The van der Waals surface area contributed by atoms with E-state index in [1.165, 1.54) is 29.8 Å². The molecule has 2 heteroatoms. The first-order valence-corrected chi connectivity index (χ1v) is 6.16. The average Bonchev–Trinajstić information content (AvgIpc) is 2.45. The first kappa shape index (κ1) is 13.3. The minimum atomic E-state index is -0.465. The second kappa shape index (κ2) is 6.67. The Balaban J connectivity index is 1.97. The summed E-state index contributed by atoms with van der Waals surface area (Å²) in [5.74, 6) is -0.835. The predicted molar refractivity (Wildman–Crippen MR) is 73.8 cm³/mol. The van der Waals surface area contributed by atoms with Crippen molar-refractivity contribution in [1.82, 2.24) is 0 Å². The van der Waals surface area contributed by atoms with Crippen LogP contribution in [-0.2, 0) is 6.42 Å². The van der Waals surface area contributed by atoms with E-state index in [1.54, 1.807) is 6.08 Å². The lowest BCUT2D eigenvalue weighted by atomic mass is 10.1. The summed E-state index contributed by atoms with van der Waals surface area (Å²) in [5.41, 5.74) is 4.15. The maximum atomic E-state index is 13.6. The Hall–Kier alpha value is -2.18. The molecule has 0 aromatic heterocycles. The third-order valence-electron chi connectivity index (χ3n) is 2.75. The van der Waals surface area contributed by atoms with Crippen LogP contribution in [0.2, 0.25) is 0 Å². The van der Waals surface area contributed by atoms with Gasteiger partial charge in [0.25, 0.3) is 0 Å². The van der Waals surface area contributed by atoms with Gasteiger partial charge in [-0.15, -0.1) is 0 Å². The van der Waals surface area contributed by atoms with E-state index in [2.05, 4.69) is 5.73 Å². The van der Waals surface area contributed by atoms with Gasteiger partial charge in [0.1, 0.15) is 5.82 Å². The number of allylic oxidation sites excluding steroid dienone is 1. The summed E-state index contributed by atoms with van der Waals surface area (Å²) in [6.07, 6.45) is 3.24. The molecule has 2 aromatic carbocycles. The molecule has 0 aliphatic carbocycles. The van der Waals surface area contributed by atoms with E-state index in [0.717, 1.165) is 12.8 Å². The van der Waals surface area contributed by atoms with Crippen LogP contribution in [0, 0.1) is 5.82 Å². The summed E-state index contributed by atoms with van der Waals surface area (Å²) in [5, 5.41) is 0. The summed E-state index contributed by atoms with van der Waals surface area (Å²) in [7, 11) is 0. The largest absolute Gasteiger partial charge is 0.207 e. The summed E-state index contributed by atoms with van der Waals surface area (Å²) in [6.45, 7) is 0. The Morgan fingerprint density at radius 1 is 1.00 bits per heavy atom. The Labute approximate surface area is 111 Å². The van der Waals surface area contributed by atoms with Crippen LogP contribution in [0.15, 0.2) is 66.4 Å². The van der Waals surface area contributed by atoms with Crippen molar-refractivity contribution < 1.29 is 8.78 Å². The minimum absolute atomic E-state index is 0.345. The van der Waals surface area contributed by atoms with Crippen molar-refractivity contribution in [3.05, 3.63) is 83.3 Å². The molecule has 96 valence electrons. The summed E-state index contributed by atoms with van der Waals surface area (Å²) < 4.78 is 26.3. The van der Waals surface area contributed by atoms with Gasteiger partial charge in [-0.1, -0.05) is 36.1 Å². The van der Waals surface area contributed by atoms with Crippen molar-refractivity contribution in [2.45, 2.75) is 12.8 Å². The number of benzene rings is 2. The molecule has 0 heterocycles. The predicted octanol–water partition coefficient (Wildman–Crippen LogP) is 4.92. The number of halogens is 2. The molecule has 0 fully saturated rings. The lowest BCUT2D eigenvalue weighted by molar-refractivity contribution is 0.627. The van der Waals surface area contributed by atoms with Gasteiger partial charge in [0.05, 0.1) is 0 Å². The van der Waals surface area contributed by atoms with Crippen molar-refractivity contribution >= 4 is 5.83 Å². The van der Waals surface area contributed by atoms with Crippen molar-refractivity contribution in [3.63, 3.8) is 0 Å². The van der Waals surface area contributed by atoms with Gasteiger partial charge in [-0.05, 0) is 48.7 Å². The zero-order valence-electron chi connectivity index (χ0n) is 10.4. The second-order valence-electron chi connectivity index (χ2n) is 4.19. The number of rotatable bonds is 4. The van der Waals surface area contributed by atoms with E-state index in [9.17, 15) is 8.78 Å². The van der Waals surface area contributed by atoms with Crippen LogP contribution >= 0.6 is 0 Å². The summed E-state index contributed by atoms with van der Waals surface area (Å²) in [4.78, 5) is 0. The third-order valence-corrected chi connectivity index (χ3v) is 2.75. The van der Waals surface area contributed by atoms with Crippen LogP contribution in [0.1, 0.15) is 17.5 Å². The molecule has 0 unspecified atom stereocenters. The van der Waals surface area contributed by atoms with Crippen LogP contribution in [-0.4, -0.2) is 0 Å². The lowest BCUT2D eigenvalue weighted by Gasteiger charge is -1.96. The number of hydrogen-bond acceptors (Lipinski definition) is 0. The van der Waals surface area contributed by atoms with Crippen LogP contribution in [0.25, 0.3) is 5.83 Å². The Morgan fingerprint density at radius 2 is 1.68 bits per heavy atom. The monoisotopic (exact) mass is 256 g/mol. The van der Waals surface area contributed by atoms with Crippen molar-refractivity contribution in [2.75, 3.05) is 0 Å². The van der Waals surface area contributed by atoms with Gasteiger partial charge in [-0.3, -0.25) is 0 Å². The van der Waals surface area contributed by atoms with Crippen molar-refractivity contribution in [1.29, 1.82) is 0 Å². The van der Waals surface area contributed by atoms with Gasteiger partial charge < -0.3 is 0 Å². The maximum Gasteiger partial charge on any atom is 0.172 e. The minimum Gasteiger partial charge on any atom is -0.207 e. The van der Waals surface area contributed by atoms with Crippen LogP contribution in [0.5, 0.6) is 0 Å². The van der Waals surface area contributed by atoms with Crippen molar-refractivity contribution in [3.8, 4) is 0 Å². The fourth-order valence-corrected chi connectivity index (χ4v) is 1.72. The Bertz CT molecular complexity index is 576. The number of hydrogen-bond donors (Lipinski definition) is 0. The molecule has 2 rings (SSSR count). The molecule has 0 nitrogen and oxygen atoms in total. The van der Waals surface area contributed by atoms with Gasteiger partial charge >= 0.3 is 0 Å². The highest BCUT2D eigenvalue weighted by Gasteiger charge is 1.98. The van der Waals surface area contributed by atoms with Crippen LogP contribution < -0.4 is 0 Å². The van der Waals surface area contributed by atoms with Crippen LogP contribution in [0.4, 0.5) is 8.78 Å². The van der Waals surface area contributed by atoms with E-state index < -0.39 is 5.83 Å². The van der Waals surface area contributed by atoms with Crippen LogP contribution in [0.3, 0.4) is 0 Å². The zero-order valence-corrected chi connectivity index (χ0v) is 10.4. The standard InChI is InChI=1S/C17H14F2/c18-16-12-10-15(11-13-16)17(19)9-5-4-8-14-6-2-1-3-7-14/h1-3,5-7,10-13H,4,8H2. The van der Waals surface area contributed by atoms with Gasteiger partial charge in [0.2, 0.25) is 0 Å². The van der Waals surface area contributed by atoms with E-state index >= 15 is 0 Å². The summed E-state index contributed by atoms with van der Waals surface area (Å²) >= 11 is 0. The van der Waals surface area contributed by atoms with Crippen molar-refractivity contribution in [2.24, 2.45) is 0 Å². The molecule has 2 aromatic rings. The maximum absolute atomic E-state index is 13.6.